The zero-order valence-corrected chi connectivity index (χ0v) is 13.4. The van der Waals surface area contributed by atoms with Crippen LogP contribution in [-0.2, 0) is 6.54 Å². The van der Waals surface area contributed by atoms with Gasteiger partial charge in [0.2, 0.25) is 0 Å². The van der Waals surface area contributed by atoms with Crippen molar-refractivity contribution < 1.29 is 18.0 Å². The summed E-state index contributed by atoms with van der Waals surface area (Å²) in [6, 6.07) is 7.34. The zero-order valence-electron chi connectivity index (χ0n) is 12.6. The predicted octanol–water partition coefficient (Wildman–Crippen LogP) is 4.25. The number of carbonyl (C=O) groups excluding carboxylic acids is 1. The molecule has 0 saturated carbocycles. The van der Waals surface area contributed by atoms with Gasteiger partial charge in [-0.2, -0.15) is 5.10 Å². The summed E-state index contributed by atoms with van der Waals surface area (Å²) in [5, 5.41) is 6.73. The van der Waals surface area contributed by atoms with Gasteiger partial charge < -0.3 is 5.32 Å². The Labute approximate surface area is 145 Å². The number of amides is 1. The van der Waals surface area contributed by atoms with Gasteiger partial charge in [-0.15, -0.1) is 0 Å². The second-order valence-corrected chi connectivity index (χ2v) is 5.63. The number of hydrogen-bond donors (Lipinski definition) is 1. The predicted molar refractivity (Wildman–Crippen MR) is 87.1 cm³/mol. The molecule has 2 aromatic carbocycles. The van der Waals surface area contributed by atoms with Gasteiger partial charge in [0, 0.05) is 11.2 Å². The highest BCUT2D eigenvalue weighted by molar-refractivity contribution is 6.31. The van der Waals surface area contributed by atoms with E-state index in [4.69, 9.17) is 11.6 Å². The highest BCUT2D eigenvalue weighted by Gasteiger charge is 2.15. The molecule has 3 aromatic rings. The average molecular weight is 366 g/mol. The first-order chi connectivity index (χ1) is 11.9. The van der Waals surface area contributed by atoms with Crippen molar-refractivity contribution in [2.75, 3.05) is 5.32 Å². The number of anilines is 1. The van der Waals surface area contributed by atoms with Gasteiger partial charge in [0.05, 0.1) is 24.0 Å². The fourth-order valence-corrected chi connectivity index (χ4v) is 2.44. The Morgan fingerprint density at radius 3 is 2.76 bits per heavy atom. The molecule has 0 saturated heterocycles. The van der Waals surface area contributed by atoms with Gasteiger partial charge in [0.1, 0.15) is 5.82 Å². The van der Waals surface area contributed by atoms with E-state index in [9.17, 15) is 18.0 Å². The fourth-order valence-electron chi connectivity index (χ4n) is 2.22. The summed E-state index contributed by atoms with van der Waals surface area (Å²) in [4.78, 5) is 12.0. The van der Waals surface area contributed by atoms with Crippen molar-refractivity contribution in [3.8, 4) is 0 Å². The van der Waals surface area contributed by atoms with Crippen LogP contribution >= 0.6 is 11.6 Å². The van der Waals surface area contributed by atoms with Crippen molar-refractivity contribution in [2.45, 2.75) is 6.54 Å². The first kappa shape index (κ1) is 17.0. The van der Waals surface area contributed by atoms with Crippen LogP contribution in [0.5, 0.6) is 0 Å². The smallest absolute Gasteiger partial charge is 0.258 e. The molecule has 25 heavy (non-hydrogen) atoms. The van der Waals surface area contributed by atoms with Crippen molar-refractivity contribution in [1.82, 2.24) is 9.78 Å². The lowest BCUT2D eigenvalue weighted by molar-refractivity contribution is 0.102. The van der Waals surface area contributed by atoms with Gasteiger partial charge in [-0.25, -0.2) is 13.2 Å². The van der Waals surface area contributed by atoms with Crippen LogP contribution < -0.4 is 5.32 Å². The summed E-state index contributed by atoms with van der Waals surface area (Å²) in [5.74, 6) is -3.56. The molecule has 128 valence electrons. The highest BCUT2D eigenvalue weighted by atomic mass is 35.5. The molecule has 8 heteroatoms. The highest BCUT2D eigenvalue weighted by Crippen LogP contribution is 2.19. The molecule has 1 heterocycles. The fraction of sp³-hybridized carbons (Fsp3) is 0.0588. The van der Waals surface area contributed by atoms with E-state index < -0.39 is 28.9 Å². The molecule has 0 unspecified atom stereocenters. The van der Waals surface area contributed by atoms with Crippen LogP contribution in [0.25, 0.3) is 0 Å². The minimum Gasteiger partial charge on any atom is -0.319 e. The van der Waals surface area contributed by atoms with Crippen LogP contribution in [0.3, 0.4) is 0 Å². The van der Waals surface area contributed by atoms with E-state index >= 15 is 0 Å². The van der Waals surface area contributed by atoms with Gasteiger partial charge in [-0.3, -0.25) is 9.48 Å². The Morgan fingerprint density at radius 2 is 2.00 bits per heavy atom. The summed E-state index contributed by atoms with van der Waals surface area (Å²) < 4.78 is 41.3. The summed E-state index contributed by atoms with van der Waals surface area (Å²) in [5.41, 5.74) is 0.529. The molecule has 1 amide bonds. The number of halogens is 4. The van der Waals surface area contributed by atoms with E-state index in [0.29, 0.717) is 11.3 Å². The van der Waals surface area contributed by atoms with Crippen LogP contribution in [0.4, 0.5) is 18.9 Å². The third kappa shape index (κ3) is 3.83. The molecular weight excluding hydrogens is 355 g/mol. The Hall–Kier alpha value is -2.80. The van der Waals surface area contributed by atoms with Gasteiger partial charge in [-0.05, 0) is 29.8 Å². The average Bonchev–Trinajstić information content (AvgIpc) is 2.99. The van der Waals surface area contributed by atoms with E-state index in [0.717, 1.165) is 6.07 Å². The lowest BCUT2D eigenvalue weighted by Crippen LogP contribution is -2.14. The number of benzene rings is 2. The monoisotopic (exact) mass is 365 g/mol. The number of nitrogens with zero attached hydrogens (tertiary/aromatic N) is 2. The maximum absolute atomic E-state index is 13.6. The summed E-state index contributed by atoms with van der Waals surface area (Å²) in [6.45, 7) is 0.253. The van der Waals surface area contributed by atoms with E-state index in [1.807, 2.05) is 0 Å². The molecule has 1 N–H and O–H groups in total. The Kier molecular flexibility index (Phi) is 4.76. The second-order valence-electron chi connectivity index (χ2n) is 5.22. The van der Waals surface area contributed by atoms with E-state index in [1.165, 1.54) is 47.4 Å². The first-order valence-electron chi connectivity index (χ1n) is 7.16. The quantitative estimate of drug-likeness (QED) is 0.751. The minimum atomic E-state index is -1.22. The summed E-state index contributed by atoms with van der Waals surface area (Å²) in [7, 11) is 0. The Balaban J connectivity index is 1.73. The van der Waals surface area contributed by atoms with Gasteiger partial charge in [0.15, 0.2) is 11.6 Å². The lowest BCUT2D eigenvalue weighted by atomic mass is 10.2. The molecule has 0 radical (unpaired) electrons. The largest absolute Gasteiger partial charge is 0.319 e. The third-order valence-corrected chi connectivity index (χ3v) is 3.79. The third-order valence-electron chi connectivity index (χ3n) is 3.43. The normalized spacial score (nSPS) is 10.7. The minimum absolute atomic E-state index is 0.253. The van der Waals surface area contributed by atoms with E-state index in [2.05, 4.69) is 10.4 Å². The van der Waals surface area contributed by atoms with Gasteiger partial charge in [-0.1, -0.05) is 23.7 Å². The molecule has 3 rings (SSSR count). The zero-order chi connectivity index (χ0) is 18.0. The number of carbonyl (C=O) groups is 1. The van der Waals surface area contributed by atoms with Crippen LogP contribution in [0.2, 0.25) is 5.02 Å². The van der Waals surface area contributed by atoms with Crippen LogP contribution in [0.15, 0.2) is 48.8 Å². The lowest BCUT2D eigenvalue weighted by Gasteiger charge is -2.05. The standard InChI is InChI=1S/C17H11ClF3N3O/c18-14-6-11(19)5-4-10(14)8-24-9-12(7-22-24)23-17(25)13-2-1-3-15(20)16(13)21/h1-7,9H,8H2,(H,23,25). The number of hydrogen-bond acceptors (Lipinski definition) is 2. The molecule has 4 nitrogen and oxygen atoms in total. The number of nitrogens with one attached hydrogen (secondary N) is 1. The van der Waals surface area contributed by atoms with E-state index in [-0.39, 0.29) is 11.6 Å². The summed E-state index contributed by atoms with van der Waals surface area (Å²) in [6.07, 6.45) is 2.85. The van der Waals surface area contributed by atoms with Gasteiger partial charge in [0.25, 0.3) is 5.91 Å². The molecule has 0 aliphatic heterocycles. The summed E-state index contributed by atoms with van der Waals surface area (Å²) >= 11 is 5.95. The van der Waals surface area contributed by atoms with E-state index in [1.54, 1.807) is 0 Å². The maximum atomic E-state index is 13.6. The van der Waals surface area contributed by atoms with Crippen molar-refractivity contribution in [1.29, 1.82) is 0 Å². The molecule has 0 aliphatic rings. The van der Waals surface area contributed by atoms with Crippen LogP contribution in [0.1, 0.15) is 15.9 Å². The van der Waals surface area contributed by atoms with Crippen LogP contribution in [-0.4, -0.2) is 15.7 Å². The second kappa shape index (κ2) is 6.98. The molecule has 0 aliphatic carbocycles. The molecule has 0 fully saturated rings. The van der Waals surface area contributed by atoms with Crippen molar-refractivity contribution in [3.05, 3.63) is 82.4 Å². The van der Waals surface area contributed by atoms with Gasteiger partial charge >= 0.3 is 0 Å². The topological polar surface area (TPSA) is 46.9 Å². The Morgan fingerprint density at radius 1 is 1.20 bits per heavy atom. The molecule has 0 spiro atoms. The molecular formula is C17H11ClF3N3O. The number of aromatic nitrogens is 2. The maximum Gasteiger partial charge on any atom is 0.258 e. The van der Waals surface area contributed by atoms with Crippen molar-refractivity contribution in [3.63, 3.8) is 0 Å². The first-order valence-corrected chi connectivity index (χ1v) is 7.53. The van der Waals surface area contributed by atoms with Crippen molar-refractivity contribution >= 4 is 23.2 Å². The van der Waals surface area contributed by atoms with Crippen LogP contribution in [0, 0.1) is 17.5 Å². The number of rotatable bonds is 4. The van der Waals surface area contributed by atoms with Crippen molar-refractivity contribution in [2.24, 2.45) is 0 Å². The molecule has 0 atom stereocenters. The molecule has 1 aromatic heterocycles. The Bertz CT molecular complexity index is 943. The molecule has 0 bridgehead atoms. The SMILES string of the molecule is O=C(Nc1cnn(Cc2ccc(F)cc2Cl)c1)c1cccc(F)c1F.